The van der Waals surface area contributed by atoms with Gasteiger partial charge in [0.15, 0.2) is 5.82 Å². The van der Waals surface area contributed by atoms with Gasteiger partial charge in [0.1, 0.15) is 31.3 Å². The minimum absolute atomic E-state index is 0.125. The van der Waals surface area contributed by atoms with Crippen LogP contribution in [0.1, 0.15) is 32.6 Å². The first kappa shape index (κ1) is 16.6. The van der Waals surface area contributed by atoms with Gasteiger partial charge in [-0.1, -0.05) is 18.2 Å². The summed E-state index contributed by atoms with van der Waals surface area (Å²) in [5.41, 5.74) is 6.82. The summed E-state index contributed by atoms with van der Waals surface area (Å²) in [5.74, 6) is 1.42. The lowest BCUT2D eigenvalue weighted by Crippen LogP contribution is -3.15. The van der Waals surface area contributed by atoms with Crippen molar-refractivity contribution in [2.45, 2.75) is 39.0 Å². The number of hydrogen-bond acceptors (Lipinski definition) is 6. The number of benzene rings is 1. The number of nitrogens with two attached hydrogens (primary N) is 1. The number of nitrogens with one attached hydrogen (secondary N) is 2. The zero-order valence-corrected chi connectivity index (χ0v) is 14.4. The normalized spacial score (nSPS) is 25.2. The Morgan fingerprint density at radius 2 is 1.79 bits per heavy atom. The molecule has 128 valence electrons. The molecule has 0 amide bonds. The molecular weight excluding hydrogens is 304 g/mol. The predicted molar refractivity (Wildman–Crippen MR) is 93.1 cm³/mol. The zero-order chi connectivity index (χ0) is 17.1. The second-order valence-electron chi connectivity index (χ2n) is 6.41. The van der Waals surface area contributed by atoms with Crippen LogP contribution in [0.2, 0.25) is 0 Å². The average Bonchev–Trinajstić information content (AvgIpc) is 2.53. The molecule has 1 aromatic heterocycles. The maximum Gasteiger partial charge on any atom is 0.232 e. The summed E-state index contributed by atoms with van der Waals surface area (Å²) in [4.78, 5) is 14.5. The summed E-state index contributed by atoms with van der Waals surface area (Å²) in [6.07, 6.45) is 0.458. The topological polar surface area (TPSA) is 90.4 Å². The molecule has 1 saturated heterocycles. The van der Waals surface area contributed by atoms with E-state index in [0.717, 1.165) is 18.8 Å². The molecule has 1 aliphatic heterocycles. The van der Waals surface area contributed by atoms with Crippen LogP contribution in [0, 0.1) is 0 Å². The van der Waals surface area contributed by atoms with E-state index in [2.05, 4.69) is 41.0 Å². The van der Waals surface area contributed by atoms with Gasteiger partial charge in [-0.15, -0.1) is 0 Å². The van der Waals surface area contributed by atoms with Gasteiger partial charge >= 0.3 is 0 Å². The number of rotatable bonds is 4. The SMILES string of the molecule is C[C@@H]1C[NH+]([C@@H](C)c2nc(N)nc(Nc3ccccc3)n2)C[C@@H](C)O1. The van der Waals surface area contributed by atoms with E-state index in [0.29, 0.717) is 11.8 Å². The fourth-order valence-electron chi connectivity index (χ4n) is 3.16. The van der Waals surface area contributed by atoms with E-state index in [1.807, 2.05) is 30.3 Å². The highest BCUT2D eigenvalue weighted by Gasteiger charge is 2.31. The van der Waals surface area contributed by atoms with Crippen molar-refractivity contribution in [3.05, 3.63) is 36.2 Å². The molecule has 1 aliphatic rings. The Labute approximate surface area is 142 Å². The third-order valence-electron chi connectivity index (χ3n) is 4.26. The molecule has 3 atom stereocenters. The van der Waals surface area contributed by atoms with E-state index in [-0.39, 0.29) is 24.2 Å². The van der Waals surface area contributed by atoms with Crippen molar-refractivity contribution in [2.24, 2.45) is 0 Å². The van der Waals surface area contributed by atoms with Gasteiger partial charge in [-0.3, -0.25) is 0 Å². The van der Waals surface area contributed by atoms with Crippen molar-refractivity contribution >= 4 is 17.6 Å². The van der Waals surface area contributed by atoms with Crippen LogP contribution in [0.4, 0.5) is 17.6 Å². The number of quaternary nitrogens is 1. The number of morpholine rings is 1. The van der Waals surface area contributed by atoms with Gasteiger partial charge in [0.05, 0.1) is 0 Å². The van der Waals surface area contributed by atoms with Crippen LogP contribution in [-0.2, 0) is 4.74 Å². The van der Waals surface area contributed by atoms with E-state index >= 15 is 0 Å². The largest absolute Gasteiger partial charge is 0.368 e. The second kappa shape index (κ2) is 7.11. The lowest BCUT2D eigenvalue weighted by Gasteiger charge is -2.35. The number of para-hydroxylation sites is 1. The lowest BCUT2D eigenvalue weighted by atomic mass is 10.1. The first-order valence-electron chi connectivity index (χ1n) is 8.35. The maximum atomic E-state index is 5.90. The van der Waals surface area contributed by atoms with Gasteiger partial charge in [-0.25, -0.2) is 0 Å². The minimum Gasteiger partial charge on any atom is -0.368 e. The molecule has 2 aromatic rings. The highest BCUT2D eigenvalue weighted by Crippen LogP contribution is 2.15. The predicted octanol–water partition coefficient (Wildman–Crippen LogP) is 0.950. The van der Waals surface area contributed by atoms with E-state index in [1.165, 1.54) is 4.90 Å². The average molecular weight is 329 g/mol. The fraction of sp³-hybridized carbons (Fsp3) is 0.471. The van der Waals surface area contributed by atoms with Gasteiger partial charge in [0, 0.05) is 5.69 Å². The Morgan fingerprint density at radius 3 is 2.46 bits per heavy atom. The van der Waals surface area contributed by atoms with Crippen molar-refractivity contribution in [1.82, 2.24) is 15.0 Å². The van der Waals surface area contributed by atoms with Crippen LogP contribution in [0.5, 0.6) is 0 Å². The summed E-state index contributed by atoms with van der Waals surface area (Å²) >= 11 is 0. The number of aromatic nitrogens is 3. The number of nitrogens with zero attached hydrogens (tertiary/aromatic N) is 3. The van der Waals surface area contributed by atoms with E-state index in [1.54, 1.807) is 0 Å². The molecule has 2 heterocycles. The first-order chi connectivity index (χ1) is 11.5. The number of hydrogen-bond donors (Lipinski definition) is 3. The number of ether oxygens (including phenoxy) is 1. The summed E-state index contributed by atoms with van der Waals surface area (Å²) in [5, 5.41) is 3.18. The monoisotopic (exact) mass is 329 g/mol. The molecule has 7 heteroatoms. The Morgan fingerprint density at radius 1 is 1.12 bits per heavy atom. The smallest absolute Gasteiger partial charge is 0.232 e. The molecule has 0 radical (unpaired) electrons. The molecule has 3 rings (SSSR count). The zero-order valence-electron chi connectivity index (χ0n) is 14.4. The molecule has 0 aliphatic carbocycles. The quantitative estimate of drug-likeness (QED) is 0.774. The van der Waals surface area contributed by atoms with Crippen LogP contribution < -0.4 is 16.0 Å². The van der Waals surface area contributed by atoms with Crippen LogP contribution in [0.15, 0.2) is 30.3 Å². The molecular formula is C17H25N6O+. The van der Waals surface area contributed by atoms with Gasteiger partial charge in [0.25, 0.3) is 0 Å². The van der Waals surface area contributed by atoms with Gasteiger partial charge in [-0.05, 0) is 32.9 Å². The highest BCUT2D eigenvalue weighted by molar-refractivity contribution is 5.53. The molecule has 7 nitrogen and oxygen atoms in total. The van der Waals surface area contributed by atoms with Crippen molar-refractivity contribution in [3.8, 4) is 0 Å². The highest BCUT2D eigenvalue weighted by atomic mass is 16.5. The van der Waals surface area contributed by atoms with Gasteiger partial charge in [-0.2, -0.15) is 15.0 Å². The van der Waals surface area contributed by atoms with Crippen LogP contribution in [-0.4, -0.2) is 40.2 Å². The fourth-order valence-corrected chi connectivity index (χ4v) is 3.16. The van der Waals surface area contributed by atoms with Gasteiger partial charge < -0.3 is 20.7 Å². The van der Waals surface area contributed by atoms with E-state index in [9.17, 15) is 0 Å². The molecule has 4 N–H and O–H groups in total. The van der Waals surface area contributed by atoms with E-state index in [4.69, 9.17) is 10.5 Å². The number of anilines is 3. The molecule has 0 bridgehead atoms. The molecule has 0 unspecified atom stereocenters. The molecule has 0 spiro atoms. The minimum atomic E-state index is 0.125. The van der Waals surface area contributed by atoms with Crippen molar-refractivity contribution in [3.63, 3.8) is 0 Å². The summed E-state index contributed by atoms with van der Waals surface area (Å²) in [6, 6.07) is 9.92. The Hall–Kier alpha value is -2.25. The Balaban J connectivity index is 1.80. The molecule has 1 fully saturated rings. The molecule has 24 heavy (non-hydrogen) atoms. The lowest BCUT2D eigenvalue weighted by molar-refractivity contribution is -0.944. The summed E-state index contributed by atoms with van der Waals surface area (Å²) < 4.78 is 5.82. The first-order valence-corrected chi connectivity index (χ1v) is 8.35. The van der Waals surface area contributed by atoms with Crippen LogP contribution in [0.3, 0.4) is 0 Å². The summed E-state index contributed by atoms with van der Waals surface area (Å²) in [7, 11) is 0. The molecule has 0 saturated carbocycles. The van der Waals surface area contributed by atoms with Crippen LogP contribution in [0.25, 0.3) is 0 Å². The van der Waals surface area contributed by atoms with Gasteiger partial charge in [0.2, 0.25) is 11.9 Å². The van der Waals surface area contributed by atoms with Crippen molar-refractivity contribution in [2.75, 3.05) is 24.1 Å². The standard InChI is InChI=1S/C17H24N6O/c1-11-9-23(10-12(2)24-11)13(3)15-20-16(18)22-17(21-15)19-14-7-5-4-6-8-14/h4-8,11-13H,9-10H2,1-3H3,(H3,18,19,20,21,22)/p+1/t11-,12-,13+/m1/s1. The third kappa shape index (κ3) is 3.98. The summed E-state index contributed by atoms with van der Waals surface area (Å²) in [6.45, 7) is 8.19. The number of nitrogen functional groups attached to an aromatic ring is 1. The third-order valence-corrected chi connectivity index (χ3v) is 4.26. The van der Waals surface area contributed by atoms with Crippen molar-refractivity contribution in [1.29, 1.82) is 0 Å². The Kier molecular flexibility index (Phi) is 4.92. The molecule has 1 aromatic carbocycles. The van der Waals surface area contributed by atoms with Crippen molar-refractivity contribution < 1.29 is 9.64 Å². The maximum absolute atomic E-state index is 5.90. The Bertz CT molecular complexity index is 670. The van der Waals surface area contributed by atoms with E-state index < -0.39 is 0 Å². The second-order valence-corrected chi connectivity index (χ2v) is 6.41. The van der Waals surface area contributed by atoms with Crippen LogP contribution >= 0.6 is 0 Å².